The summed E-state index contributed by atoms with van der Waals surface area (Å²) in [6.45, 7) is 2.13. The van der Waals surface area contributed by atoms with Crippen LogP contribution >= 0.6 is 0 Å². The number of fused-ring (bicyclic) bond motifs is 2. The highest BCUT2D eigenvalue weighted by Gasteiger charge is 2.32. The standard InChI is InChI=1S/C18H20N2O/c1-12-10-14-7-3-5-9-17(14)20(12)18(21)16-11-13-6-2-4-8-15(13)19-16/h3,5,7,9,11-12,19H,2,4,6,8,10H2,1H3. The zero-order valence-corrected chi connectivity index (χ0v) is 12.4. The number of hydrogen-bond donors (Lipinski definition) is 1. The second-order valence-corrected chi connectivity index (χ2v) is 6.25. The normalized spacial score (nSPS) is 20.2. The van der Waals surface area contributed by atoms with E-state index in [1.54, 1.807) is 0 Å². The van der Waals surface area contributed by atoms with Gasteiger partial charge in [-0.25, -0.2) is 0 Å². The lowest BCUT2D eigenvalue weighted by atomic mass is 9.98. The van der Waals surface area contributed by atoms with Crippen molar-refractivity contribution in [1.82, 2.24) is 4.98 Å². The van der Waals surface area contributed by atoms with Crippen LogP contribution in [0.15, 0.2) is 30.3 Å². The zero-order chi connectivity index (χ0) is 14.4. The SMILES string of the molecule is CC1Cc2ccccc2N1C(=O)c1cc2c([nH]1)CCCC2. The Balaban J connectivity index is 1.70. The highest BCUT2D eigenvalue weighted by molar-refractivity contribution is 6.06. The Hall–Kier alpha value is -2.03. The van der Waals surface area contributed by atoms with E-state index in [2.05, 4.69) is 30.1 Å². The number of nitrogens with one attached hydrogen (secondary N) is 1. The van der Waals surface area contributed by atoms with Gasteiger partial charge in [0.25, 0.3) is 5.91 Å². The molecule has 3 heteroatoms. The molecule has 2 aromatic rings. The van der Waals surface area contributed by atoms with E-state index in [1.165, 1.54) is 29.7 Å². The van der Waals surface area contributed by atoms with Crippen LogP contribution in [0.1, 0.15) is 47.1 Å². The van der Waals surface area contributed by atoms with Crippen molar-refractivity contribution < 1.29 is 4.79 Å². The number of para-hydroxylation sites is 1. The van der Waals surface area contributed by atoms with Gasteiger partial charge in [-0.2, -0.15) is 0 Å². The van der Waals surface area contributed by atoms with E-state index in [4.69, 9.17) is 0 Å². The molecule has 1 N–H and O–H groups in total. The maximum absolute atomic E-state index is 12.9. The number of amides is 1. The van der Waals surface area contributed by atoms with Gasteiger partial charge >= 0.3 is 0 Å². The fraction of sp³-hybridized carbons (Fsp3) is 0.389. The van der Waals surface area contributed by atoms with Crippen LogP contribution < -0.4 is 4.90 Å². The lowest BCUT2D eigenvalue weighted by Gasteiger charge is -2.22. The molecule has 1 atom stereocenters. The van der Waals surface area contributed by atoms with Gasteiger partial charge < -0.3 is 9.88 Å². The van der Waals surface area contributed by atoms with Crippen LogP contribution in [-0.2, 0) is 19.3 Å². The number of carbonyl (C=O) groups excluding carboxylic acids is 1. The quantitative estimate of drug-likeness (QED) is 0.853. The summed E-state index contributed by atoms with van der Waals surface area (Å²) in [4.78, 5) is 18.3. The van der Waals surface area contributed by atoms with Crippen molar-refractivity contribution >= 4 is 11.6 Å². The van der Waals surface area contributed by atoms with Crippen LogP contribution in [0.4, 0.5) is 5.69 Å². The Labute approximate surface area is 125 Å². The number of aryl methyl sites for hydroxylation is 2. The number of rotatable bonds is 1. The molecule has 1 unspecified atom stereocenters. The molecule has 4 rings (SSSR count). The van der Waals surface area contributed by atoms with E-state index in [1.807, 2.05) is 17.0 Å². The molecule has 1 aliphatic carbocycles. The number of anilines is 1. The summed E-state index contributed by atoms with van der Waals surface area (Å²) in [6, 6.07) is 10.5. The molecule has 1 aliphatic heterocycles. The summed E-state index contributed by atoms with van der Waals surface area (Å²) in [5.74, 6) is 0.113. The molecule has 2 aliphatic rings. The van der Waals surface area contributed by atoms with Crippen molar-refractivity contribution in [2.75, 3.05) is 4.90 Å². The summed E-state index contributed by atoms with van der Waals surface area (Å²) in [6.07, 6.45) is 5.59. The lowest BCUT2D eigenvalue weighted by molar-refractivity contribution is 0.0977. The van der Waals surface area contributed by atoms with Crippen molar-refractivity contribution in [1.29, 1.82) is 0 Å². The summed E-state index contributed by atoms with van der Waals surface area (Å²) in [5, 5.41) is 0. The molecule has 3 nitrogen and oxygen atoms in total. The van der Waals surface area contributed by atoms with Gasteiger partial charge in [-0.15, -0.1) is 0 Å². The minimum absolute atomic E-state index is 0.113. The fourth-order valence-electron chi connectivity index (χ4n) is 3.72. The number of hydrogen-bond acceptors (Lipinski definition) is 1. The van der Waals surface area contributed by atoms with Crippen molar-refractivity contribution in [3.63, 3.8) is 0 Å². The Kier molecular flexibility index (Phi) is 2.88. The highest BCUT2D eigenvalue weighted by Crippen LogP contribution is 2.33. The molecule has 21 heavy (non-hydrogen) atoms. The first-order valence-electron chi connectivity index (χ1n) is 7.86. The van der Waals surface area contributed by atoms with Gasteiger partial charge in [0, 0.05) is 17.4 Å². The van der Waals surface area contributed by atoms with Crippen LogP contribution in [-0.4, -0.2) is 16.9 Å². The van der Waals surface area contributed by atoms with Gasteiger partial charge in [0.15, 0.2) is 0 Å². The molecule has 2 heterocycles. The van der Waals surface area contributed by atoms with Crippen molar-refractivity contribution in [2.45, 2.75) is 45.1 Å². The Morgan fingerprint density at radius 2 is 2.00 bits per heavy atom. The third-order valence-electron chi connectivity index (χ3n) is 4.77. The first-order chi connectivity index (χ1) is 10.2. The summed E-state index contributed by atoms with van der Waals surface area (Å²) in [7, 11) is 0. The van der Waals surface area contributed by atoms with Crippen LogP contribution in [0.25, 0.3) is 0 Å². The summed E-state index contributed by atoms with van der Waals surface area (Å²) >= 11 is 0. The van der Waals surface area contributed by atoms with E-state index < -0.39 is 0 Å². The molecule has 0 spiro atoms. The highest BCUT2D eigenvalue weighted by atomic mass is 16.2. The van der Waals surface area contributed by atoms with Crippen molar-refractivity contribution in [2.24, 2.45) is 0 Å². The smallest absolute Gasteiger partial charge is 0.274 e. The van der Waals surface area contributed by atoms with Crippen molar-refractivity contribution in [3.8, 4) is 0 Å². The maximum atomic E-state index is 12.9. The molecule has 0 saturated carbocycles. The number of nitrogens with zero attached hydrogens (tertiary/aromatic N) is 1. The zero-order valence-electron chi connectivity index (χ0n) is 12.4. The van der Waals surface area contributed by atoms with E-state index in [-0.39, 0.29) is 11.9 Å². The summed E-state index contributed by atoms with van der Waals surface area (Å²) < 4.78 is 0. The third kappa shape index (κ3) is 1.99. The number of aromatic nitrogens is 1. The van der Waals surface area contributed by atoms with E-state index >= 15 is 0 Å². The van der Waals surface area contributed by atoms with E-state index in [9.17, 15) is 4.79 Å². The van der Waals surface area contributed by atoms with Gasteiger partial charge in [0.1, 0.15) is 5.69 Å². The molecule has 0 radical (unpaired) electrons. The topological polar surface area (TPSA) is 36.1 Å². The molecular formula is C18H20N2O. The molecular weight excluding hydrogens is 260 g/mol. The second kappa shape index (κ2) is 4.76. The van der Waals surface area contributed by atoms with Crippen LogP contribution in [0.2, 0.25) is 0 Å². The van der Waals surface area contributed by atoms with Crippen LogP contribution in [0, 0.1) is 0 Å². The third-order valence-corrected chi connectivity index (χ3v) is 4.77. The number of benzene rings is 1. The number of aromatic amines is 1. The molecule has 1 amide bonds. The first-order valence-corrected chi connectivity index (χ1v) is 7.86. The molecule has 1 aromatic heterocycles. The van der Waals surface area contributed by atoms with Crippen LogP contribution in [0.3, 0.4) is 0 Å². The predicted molar refractivity (Wildman–Crippen MR) is 83.9 cm³/mol. The molecule has 1 aromatic carbocycles. The first kappa shape index (κ1) is 12.7. The van der Waals surface area contributed by atoms with Gasteiger partial charge in [0.2, 0.25) is 0 Å². The monoisotopic (exact) mass is 280 g/mol. The molecule has 0 bridgehead atoms. The van der Waals surface area contributed by atoms with Gasteiger partial charge in [0.05, 0.1) is 0 Å². The maximum Gasteiger partial charge on any atom is 0.274 e. The number of carbonyl (C=O) groups is 1. The summed E-state index contributed by atoms with van der Waals surface area (Å²) in [5.41, 5.74) is 5.71. The Morgan fingerprint density at radius 1 is 1.19 bits per heavy atom. The average Bonchev–Trinajstić information content (AvgIpc) is 3.06. The van der Waals surface area contributed by atoms with E-state index in [0.717, 1.165) is 30.6 Å². The molecule has 0 fully saturated rings. The largest absolute Gasteiger partial charge is 0.354 e. The molecule has 108 valence electrons. The Bertz CT molecular complexity index is 677. The van der Waals surface area contributed by atoms with E-state index in [0.29, 0.717) is 0 Å². The lowest BCUT2D eigenvalue weighted by Crippen LogP contribution is -2.35. The average molecular weight is 280 g/mol. The minimum atomic E-state index is 0.113. The van der Waals surface area contributed by atoms with Gasteiger partial charge in [-0.1, -0.05) is 18.2 Å². The number of H-pyrrole nitrogens is 1. The van der Waals surface area contributed by atoms with Gasteiger partial charge in [-0.3, -0.25) is 4.79 Å². The minimum Gasteiger partial charge on any atom is -0.354 e. The predicted octanol–water partition coefficient (Wildman–Crippen LogP) is 3.48. The molecule has 0 saturated heterocycles. The van der Waals surface area contributed by atoms with Crippen LogP contribution in [0.5, 0.6) is 0 Å². The van der Waals surface area contributed by atoms with Gasteiger partial charge in [-0.05, 0) is 62.3 Å². The van der Waals surface area contributed by atoms with Crippen molar-refractivity contribution in [3.05, 3.63) is 52.8 Å². The second-order valence-electron chi connectivity index (χ2n) is 6.25. The fourth-order valence-corrected chi connectivity index (χ4v) is 3.72. The Morgan fingerprint density at radius 3 is 2.86 bits per heavy atom.